The molecular formula is C15H12ClF2NO. The molecule has 2 atom stereocenters. The summed E-state index contributed by atoms with van der Waals surface area (Å²) in [4.78, 5) is 0. The Balaban J connectivity index is 1.99. The van der Waals surface area contributed by atoms with Crippen LogP contribution in [0.15, 0.2) is 36.4 Å². The van der Waals surface area contributed by atoms with Crippen molar-refractivity contribution in [1.82, 2.24) is 0 Å². The molecule has 0 saturated heterocycles. The highest BCUT2D eigenvalue weighted by molar-refractivity contribution is 6.30. The molecule has 1 heterocycles. The van der Waals surface area contributed by atoms with Gasteiger partial charge >= 0.3 is 0 Å². The Morgan fingerprint density at radius 1 is 1.10 bits per heavy atom. The second-order valence-electron chi connectivity index (χ2n) is 4.80. The van der Waals surface area contributed by atoms with Crippen LogP contribution in [0, 0.1) is 11.6 Å². The van der Waals surface area contributed by atoms with Gasteiger partial charge in [0.1, 0.15) is 23.5 Å². The fourth-order valence-corrected chi connectivity index (χ4v) is 2.61. The Bertz CT molecular complexity index is 662. The molecule has 20 heavy (non-hydrogen) atoms. The van der Waals surface area contributed by atoms with Gasteiger partial charge in [0.15, 0.2) is 0 Å². The third-order valence-electron chi connectivity index (χ3n) is 3.41. The molecule has 104 valence electrons. The molecule has 1 aliphatic rings. The Hall–Kier alpha value is -1.65. The van der Waals surface area contributed by atoms with Gasteiger partial charge in [-0.3, -0.25) is 0 Å². The smallest absolute Gasteiger partial charge is 0.130 e. The maximum atomic E-state index is 13.9. The predicted molar refractivity (Wildman–Crippen MR) is 72.7 cm³/mol. The molecule has 2 nitrogen and oxygen atoms in total. The van der Waals surface area contributed by atoms with E-state index in [1.54, 1.807) is 0 Å². The summed E-state index contributed by atoms with van der Waals surface area (Å²) in [5.74, 6) is -0.276. The van der Waals surface area contributed by atoms with E-state index in [1.165, 1.54) is 36.4 Å². The lowest BCUT2D eigenvalue weighted by Crippen LogP contribution is -2.24. The zero-order valence-corrected chi connectivity index (χ0v) is 11.2. The molecule has 2 aromatic carbocycles. The van der Waals surface area contributed by atoms with Crippen molar-refractivity contribution in [3.8, 4) is 5.75 Å². The summed E-state index contributed by atoms with van der Waals surface area (Å²) < 4.78 is 32.8. The molecule has 1 aliphatic heterocycles. The lowest BCUT2D eigenvalue weighted by atomic mass is 9.93. The van der Waals surface area contributed by atoms with Crippen molar-refractivity contribution in [2.75, 3.05) is 0 Å². The lowest BCUT2D eigenvalue weighted by molar-refractivity contribution is 0.157. The first-order valence-corrected chi connectivity index (χ1v) is 6.59. The normalized spacial score (nSPS) is 21.2. The summed E-state index contributed by atoms with van der Waals surface area (Å²) in [6, 6.07) is 8.06. The van der Waals surface area contributed by atoms with Gasteiger partial charge in [-0.2, -0.15) is 0 Å². The van der Waals surface area contributed by atoms with Gasteiger partial charge in [0.05, 0.1) is 0 Å². The van der Waals surface area contributed by atoms with Crippen LogP contribution >= 0.6 is 11.6 Å². The van der Waals surface area contributed by atoms with Crippen molar-refractivity contribution in [3.63, 3.8) is 0 Å². The predicted octanol–water partition coefficient (Wildman–Crippen LogP) is 4.14. The first-order chi connectivity index (χ1) is 9.54. The molecule has 0 bridgehead atoms. The van der Waals surface area contributed by atoms with Crippen LogP contribution in [-0.2, 0) is 0 Å². The van der Waals surface area contributed by atoms with Gasteiger partial charge in [-0.05, 0) is 36.4 Å². The minimum absolute atomic E-state index is 0.364. The third-order valence-corrected chi connectivity index (χ3v) is 3.65. The van der Waals surface area contributed by atoms with E-state index < -0.39 is 18.0 Å². The van der Waals surface area contributed by atoms with E-state index in [2.05, 4.69) is 0 Å². The highest BCUT2D eigenvalue weighted by Gasteiger charge is 2.29. The topological polar surface area (TPSA) is 35.2 Å². The molecule has 0 radical (unpaired) electrons. The van der Waals surface area contributed by atoms with Crippen LogP contribution in [0.3, 0.4) is 0 Å². The zero-order valence-electron chi connectivity index (χ0n) is 10.4. The molecule has 0 saturated carbocycles. The molecule has 0 aliphatic carbocycles. The molecule has 0 aromatic heterocycles. The quantitative estimate of drug-likeness (QED) is 0.858. The van der Waals surface area contributed by atoms with Crippen LogP contribution in [-0.4, -0.2) is 0 Å². The van der Waals surface area contributed by atoms with Crippen molar-refractivity contribution in [2.45, 2.75) is 18.6 Å². The van der Waals surface area contributed by atoms with E-state index in [0.29, 0.717) is 28.3 Å². The average molecular weight is 296 g/mol. The van der Waals surface area contributed by atoms with Crippen LogP contribution < -0.4 is 10.5 Å². The molecule has 5 heteroatoms. The van der Waals surface area contributed by atoms with E-state index in [-0.39, 0.29) is 5.82 Å². The van der Waals surface area contributed by atoms with Gasteiger partial charge in [0.2, 0.25) is 0 Å². The van der Waals surface area contributed by atoms with Crippen molar-refractivity contribution in [3.05, 3.63) is 64.2 Å². The highest BCUT2D eigenvalue weighted by atomic mass is 35.5. The summed E-state index contributed by atoms with van der Waals surface area (Å²) in [6.45, 7) is 0. The Morgan fingerprint density at radius 3 is 2.70 bits per heavy atom. The fourth-order valence-electron chi connectivity index (χ4n) is 2.43. The Labute approximate surface area is 120 Å². The van der Waals surface area contributed by atoms with Crippen LogP contribution in [0.5, 0.6) is 5.75 Å². The Kier molecular flexibility index (Phi) is 3.36. The third kappa shape index (κ3) is 2.37. The number of halogens is 3. The van der Waals surface area contributed by atoms with Crippen LogP contribution in [0.25, 0.3) is 0 Å². The highest BCUT2D eigenvalue weighted by Crippen LogP contribution is 2.40. The standard InChI is InChI=1S/C15H12ClF2NO/c16-8-1-3-12(18)10(5-8)15-7-13(19)11-6-9(17)2-4-14(11)20-15/h1-6,13,15H,7,19H2/t13-,15?/m0/s1. The molecule has 2 aromatic rings. The van der Waals surface area contributed by atoms with E-state index >= 15 is 0 Å². The van der Waals surface area contributed by atoms with E-state index in [1.807, 2.05) is 0 Å². The molecule has 0 spiro atoms. The van der Waals surface area contributed by atoms with Crippen molar-refractivity contribution in [2.24, 2.45) is 5.73 Å². The first-order valence-electron chi connectivity index (χ1n) is 6.21. The van der Waals surface area contributed by atoms with Gasteiger partial charge in [-0.15, -0.1) is 0 Å². The molecule has 0 fully saturated rings. The van der Waals surface area contributed by atoms with Crippen molar-refractivity contribution >= 4 is 11.6 Å². The van der Waals surface area contributed by atoms with E-state index in [0.717, 1.165) is 0 Å². The summed E-state index contributed by atoms with van der Waals surface area (Å²) in [6.07, 6.45) is -0.157. The summed E-state index contributed by atoms with van der Waals surface area (Å²) in [7, 11) is 0. The molecule has 0 amide bonds. The SMILES string of the molecule is N[C@H]1CC(c2cc(Cl)ccc2F)Oc2ccc(F)cc21. The zero-order chi connectivity index (χ0) is 14.3. The van der Waals surface area contributed by atoms with Gasteiger partial charge in [0, 0.05) is 28.6 Å². The van der Waals surface area contributed by atoms with Crippen molar-refractivity contribution in [1.29, 1.82) is 0 Å². The van der Waals surface area contributed by atoms with E-state index in [4.69, 9.17) is 22.1 Å². The lowest BCUT2D eigenvalue weighted by Gasteiger charge is -2.30. The van der Waals surface area contributed by atoms with Crippen LogP contribution in [0.1, 0.15) is 29.7 Å². The van der Waals surface area contributed by atoms with Crippen molar-refractivity contribution < 1.29 is 13.5 Å². The fraction of sp³-hybridized carbons (Fsp3) is 0.200. The monoisotopic (exact) mass is 295 g/mol. The van der Waals surface area contributed by atoms with Gasteiger partial charge in [-0.1, -0.05) is 11.6 Å². The minimum atomic E-state index is -0.526. The van der Waals surface area contributed by atoms with Gasteiger partial charge in [-0.25, -0.2) is 8.78 Å². The maximum Gasteiger partial charge on any atom is 0.130 e. The summed E-state index contributed by atoms with van der Waals surface area (Å²) in [5, 5.41) is 0.434. The number of hydrogen-bond acceptors (Lipinski definition) is 2. The number of nitrogens with two attached hydrogens (primary N) is 1. The number of fused-ring (bicyclic) bond motifs is 1. The number of benzene rings is 2. The van der Waals surface area contributed by atoms with Crippen LogP contribution in [0.2, 0.25) is 5.02 Å². The molecule has 1 unspecified atom stereocenters. The van der Waals surface area contributed by atoms with Crippen LogP contribution in [0.4, 0.5) is 8.78 Å². The molecule has 3 rings (SSSR count). The number of ether oxygens (including phenoxy) is 1. The number of hydrogen-bond donors (Lipinski definition) is 1. The average Bonchev–Trinajstić information content (AvgIpc) is 2.42. The van der Waals surface area contributed by atoms with E-state index in [9.17, 15) is 8.78 Å². The second-order valence-corrected chi connectivity index (χ2v) is 5.23. The summed E-state index contributed by atoms with van der Waals surface area (Å²) >= 11 is 5.89. The van der Waals surface area contributed by atoms with Gasteiger partial charge in [0.25, 0.3) is 0 Å². The summed E-state index contributed by atoms with van der Waals surface area (Å²) in [5.41, 5.74) is 6.99. The first kappa shape index (κ1) is 13.3. The molecule has 2 N–H and O–H groups in total. The second kappa shape index (κ2) is 5.04. The number of rotatable bonds is 1. The minimum Gasteiger partial charge on any atom is -0.485 e. The largest absolute Gasteiger partial charge is 0.485 e. The van der Waals surface area contributed by atoms with Gasteiger partial charge < -0.3 is 10.5 Å². The maximum absolute atomic E-state index is 13.9. The molecular weight excluding hydrogens is 284 g/mol. The Morgan fingerprint density at radius 2 is 1.90 bits per heavy atom.